The molecule has 0 amide bonds. The van der Waals surface area contributed by atoms with Crippen molar-refractivity contribution in [2.75, 3.05) is 0 Å². The van der Waals surface area contributed by atoms with Crippen molar-refractivity contribution < 1.29 is 9.59 Å². The average Bonchev–Trinajstić information content (AvgIpc) is 2.57. The molecule has 0 aliphatic heterocycles. The van der Waals surface area contributed by atoms with Crippen LogP contribution in [0.1, 0.15) is 33.6 Å². The van der Waals surface area contributed by atoms with Crippen molar-refractivity contribution in [1.29, 1.82) is 0 Å². The molecule has 1 aliphatic rings. The van der Waals surface area contributed by atoms with E-state index >= 15 is 0 Å². The lowest BCUT2D eigenvalue weighted by Crippen LogP contribution is -2.18. The van der Waals surface area contributed by atoms with Gasteiger partial charge in [-0.1, -0.05) is 54.6 Å². The van der Waals surface area contributed by atoms with Crippen molar-refractivity contribution in [1.82, 2.24) is 0 Å². The summed E-state index contributed by atoms with van der Waals surface area (Å²) in [7, 11) is 0. The van der Waals surface area contributed by atoms with E-state index in [1.807, 2.05) is 60.7 Å². The molecule has 3 aromatic rings. The number of hydrogen-bond donors (Lipinski definition) is 0. The molecule has 3 aromatic carbocycles. The molecule has 0 radical (unpaired) electrons. The maximum Gasteiger partial charge on any atom is 0.164 e. The second-order valence-electron chi connectivity index (χ2n) is 5.61. The molecule has 22 heavy (non-hydrogen) atoms. The van der Waals surface area contributed by atoms with Crippen LogP contribution in [0.2, 0.25) is 0 Å². The highest BCUT2D eigenvalue weighted by atomic mass is 16.1. The van der Waals surface area contributed by atoms with Gasteiger partial charge in [0.25, 0.3) is 0 Å². The monoisotopic (exact) mass is 286 g/mol. The maximum absolute atomic E-state index is 12.5. The van der Waals surface area contributed by atoms with Gasteiger partial charge in [0.15, 0.2) is 11.6 Å². The van der Waals surface area contributed by atoms with E-state index in [-0.39, 0.29) is 11.6 Å². The molecule has 1 aliphatic carbocycles. The number of carbonyl (C=O) groups excluding carboxylic acids is 2. The zero-order valence-corrected chi connectivity index (χ0v) is 12.0. The largest absolute Gasteiger partial charge is 0.294 e. The van der Waals surface area contributed by atoms with Crippen LogP contribution in [-0.2, 0) is 0 Å². The lowest BCUT2D eigenvalue weighted by Gasteiger charge is -2.20. The van der Waals surface area contributed by atoms with Crippen LogP contribution in [0.15, 0.2) is 60.7 Å². The summed E-state index contributed by atoms with van der Waals surface area (Å²) in [6.07, 6.45) is 0.627. The summed E-state index contributed by atoms with van der Waals surface area (Å²) in [5.74, 6) is 0.136. The average molecular weight is 286 g/mol. The Labute approximate surface area is 128 Å². The van der Waals surface area contributed by atoms with Crippen molar-refractivity contribution in [3.8, 4) is 11.1 Å². The van der Waals surface area contributed by atoms with Crippen LogP contribution in [0.3, 0.4) is 0 Å². The van der Waals surface area contributed by atoms with Gasteiger partial charge in [-0.2, -0.15) is 0 Å². The standard InChI is InChI=1S/C20H14O2/c21-17-10-11-18(22)20-16(17)12-14-8-4-5-9-15(14)19(20)13-6-2-1-3-7-13/h1-9,12H,10-11H2. The molecular formula is C20H14O2. The van der Waals surface area contributed by atoms with Gasteiger partial charge in [0.2, 0.25) is 0 Å². The molecule has 2 heteroatoms. The Morgan fingerprint density at radius 3 is 2.18 bits per heavy atom. The molecule has 0 atom stereocenters. The molecule has 106 valence electrons. The summed E-state index contributed by atoms with van der Waals surface area (Å²) in [6.45, 7) is 0. The summed E-state index contributed by atoms with van der Waals surface area (Å²) in [5, 5.41) is 2.03. The van der Waals surface area contributed by atoms with Gasteiger partial charge < -0.3 is 0 Å². The van der Waals surface area contributed by atoms with Crippen LogP contribution in [0.25, 0.3) is 21.9 Å². The Kier molecular flexibility index (Phi) is 2.90. The third-order valence-corrected chi connectivity index (χ3v) is 4.27. The normalized spacial score (nSPS) is 14.2. The smallest absolute Gasteiger partial charge is 0.164 e. The van der Waals surface area contributed by atoms with Gasteiger partial charge in [-0.15, -0.1) is 0 Å². The minimum atomic E-state index is 0.0672. The highest BCUT2D eigenvalue weighted by Gasteiger charge is 2.28. The van der Waals surface area contributed by atoms with Crippen LogP contribution in [0.5, 0.6) is 0 Å². The van der Waals surface area contributed by atoms with Crippen LogP contribution < -0.4 is 0 Å². The maximum atomic E-state index is 12.5. The van der Waals surface area contributed by atoms with E-state index in [0.29, 0.717) is 24.0 Å². The van der Waals surface area contributed by atoms with E-state index in [4.69, 9.17) is 0 Å². The van der Waals surface area contributed by atoms with E-state index in [0.717, 1.165) is 21.9 Å². The minimum Gasteiger partial charge on any atom is -0.294 e. The Morgan fingerprint density at radius 1 is 0.682 bits per heavy atom. The SMILES string of the molecule is O=C1CCC(=O)c2c1cc1ccccc1c2-c1ccccc1. The van der Waals surface area contributed by atoms with Crippen LogP contribution in [0.4, 0.5) is 0 Å². The number of fused-ring (bicyclic) bond motifs is 2. The van der Waals surface area contributed by atoms with E-state index < -0.39 is 0 Å². The second kappa shape index (κ2) is 4.92. The lowest BCUT2D eigenvalue weighted by atomic mass is 9.81. The molecule has 0 aromatic heterocycles. The molecule has 0 fully saturated rings. The fourth-order valence-corrected chi connectivity index (χ4v) is 3.25. The van der Waals surface area contributed by atoms with Gasteiger partial charge in [0.1, 0.15) is 0 Å². The van der Waals surface area contributed by atoms with E-state index in [9.17, 15) is 9.59 Å². The third kappa shape index (κ3) is 1.88. The van der Waals surface area contributed by atoms with Crippen molar-refractivity contribution in [3.05, 3.63) is 71.8 Å². The zero-order chi connectivity index (χ0) is 15.1. The Hall–Kier alpha value is -2.74. The Morgan fingerprint density at radius 2 is 1.36 bits per heavy atom. The molecular weight excluding hydrogens is 272 g/mol. The van der Waals surface area contributed by atoms with Gasteiger partial charge in [-0.25, -0.2) is 0 Å². The van der Waals surface area contributed by atoms with Crippen molar-refractivity contribution in [2.45, 2.75) is 12.8 Å². The van der Waals surface area contributed by atoms with Gasteiger partial charge in [-0.05, 0) is 22.4 Å². The third-order valence-electron chi connectivity index (χ3n) is 4.27. The summed E-state index contributed by atoms with van der Waals surface area (Å²) in [5.41, 5.74) is 3.06. The molecule has 0 saturated carbocycles. The predicted octanol–water partition coefficient (Wildman–Crippen LogP) is 4.67. The van der Waals surface area contributed by atoms with E-state index in [1.165, 1.54) is 0 Å². The Balaban J connectivity index is 2.19. The van der Waals surface area contributed by atoms with Gasteiger partial charge in [0.05, 0.1) is 0 Å². The minimum absolute atomic E-state index is 0.0672. The van der Waals surface area contributed by atoms with Crippen LogP contribution in [-0.4, -0.2) is 11.6 Å². The molecule has 4 rings (SSSR count). The van der Waals surface area contributed by atoms with Crippen molar-refractivity contribution in [2.24, 2.45) is 0 Å². The summed E-state index contributed by atoms with van der Waals surface area (Å²) in [6, 6.07) is 19.7. The number of ketones is 2. The quantitative estimate of drug-likeness (QED) is 0.651. The lowest BCUT2D eigenvalue weighted by molar-refractivity contribution is 0.0891. The highest BCUT2D eigenvalue weighted by molar-refractivity contribution is 6.21. The van der Waals surface area contributed by atoms with Crippen molar-refractivity contribution in [3.63, 3.8) is 0 Å². The van der Waals surface area contributed by atoms with E-state index in [1.54, 1.807) is 0 Å². The Bertz CT molecular complexity index is 908. The van der Waals surface area contributed by atoms with Crippen molar-refractivity contribution >= 4 is 22.3 Å². The number of rotatable bonds is 1. The summed E-state index contributed by atoms with van der Waals surface area (Å²) in [4.78, 5) is 24.8. The summed E-state index contributed by atoms with van der Waals surface area (Å²) >= 11 is 0. The zero-order valence-electron chi connectivity index (χ0n) is 12.0. The highest BCUT2D eigenvalue weighted by Crippen LogP contribution is 2.37. The molecule has 0 heterocycles. The fourth-order valence-electron chi connectivity index (χ4n) is 3.25. The molecule has 0 spiro atoms. The van der Waals surface area contributed by atoms with Crippen LogP contribution in [0, 0.1) is 0 Å². The first-order valence-electron chi connectivity index (χ1n) is 7.43. The summed E-state index contributed by atoms with van der Waals surface area (Å²) < 4.78 is 0. The first-order chi connectivity index (χ1) is 10.8. The number of carbonyl (C=O) groups is 2. The topological polar surface area (TPSA) is 34.1 Å². The first-order valence-corrected chi connectivity index (χ1v) is 7.43. The molecule has 0 unspecified atom stereocenters. The molecule has 2 nitrogen and oxygen atoms in total. The predicted molar refractivity (Wildman–Crippen MR) is 87.3 cm³/mol. The number of hydrogen-bond acceptors (Lipinski definition) is 2. The number of Topliss-reactive ketones (excluding diaryl/α,β-unsaturated/α-hetero) is 2. The second-order valence-corrected chi connectivity index (χ2v) is 5.61. The van der Waals surface area contributed by atoms with E-state index in [2.05, 4.69) is 0 Å². The fraction of sp³-hybridized carbons (Fsp3) is 0.100. The van der Waals surface area contributed by atoms with Gasteiger partial charge in [-0.3, -0.25) is 9.59 Å². The molecule has 0 N–H and O–H groups in total. The number of benzene rings is 3. The molecule has 0 saturated heterocycles. The first kappa shape index (κ1) is 13.0. The van der Waals surface area contributed by atoms with Crippen LogP contribution >= 0.6 is 0 Å². The van der Waals surface area contributed by atoms with Gasteiger partial charge >= 0.3 is 0 Å². The molecule has 0 bridgehead atoms. The van der Waals surface area contributed by atoms with Gasteiger partial charge in [0, 0.05) is 29.5 Å².